The average Bonchev–Trinajstić information content (AvgIpc) is 1.62. The molecule has 0 amide bonds. The van der Waals surface area contributed by atoms with E-state index in [-0.39, 0.29) is 0 Å². The molecule has 0 aromatic carbocycles. The van der Waals surface area contributed by atoms with Crippen LogP contribution in [0.25, 0.3) is 0 Å². The number of hydrogen-bond donors (Lipinski definition) is 3. The minimum atomic E-state index is -1.44. The summed E-state index contributed by atoms with van der Waals surface area (Å²) in [5.74, 6) is 0. The first-order valence-corrected chi connectivity index (χ1v) is 2.67. The molecule has 0 bridgehead atoms. The van der Waals surface area contributed by atoms with E-state index in [9.17, 15) is 0 Å². The second-order valence-corrected chi connectivity index (χ2v) is 2.15. The lowest BCUT2D eigenvalue weighted by Gasteiger charge is -2.22. The molecule has 0 saturated carbocycles. The molecule has 0 aromatic heterocycles. The van der Waals surface area contributed by atoms with Crippen LogP contribution in [0.4, 0.5) is 0 Å². The van der Waals surface area contributed by atoms with Crippen LogP contribution in [0.5, 0.6) is 0 Å². The van der Waals surface area contributed by atoms with Crippen LogP contribution in [0.15, 0.2) is 0 Å². The van der Waals surface area contributed by atoms with Gasteiger partial charge in [-0.3, -0.25) is 0 Å². The number of aliphatic hydroxyl groups is 2. The first-order chi connectivity index (χ1) is 3.48. The molecule has 0 rings (SSSR count). The summed E-state index contributed by atoms with van der Waals surface area (Å²) in [6.45, 7) is 3.13. The number of aliphatic hydroxyl groups excluding tert-OH is 1. The van der Waals surface area contributed by atoms with E-state index in [4.69, 9.17) is 15.9 Å². The maximum absolute atomic E-state index is 8.82. The molecule has 0 radical (unpaired) electrons. The molecule has 3 nitrogen and oxygen atoms in total. The molecule has 0 heterocycles. The largest absolute Gasteiger partial charge is 0.389 e. The Balaban J connectivity index is 3.62. The van der Waals surface area contributed by atoms with Crippen molar-refractivity contribution in [2.24, 2.45) is 5.73 Å². The van der Waals surface area contributed by atoms with Gasteiger partial charge in [0.05, 0.1) is 6.10 Å². The van der Waals surface area contributed by atoms with Gasteiger partial charge in [-0.15, -0.1) is 0 Å². The molecule has 0 saturated heterocycles. The molecule has 0 aliphatic heterocycles. The minimum Gasteiger partial charge on any atom is -0.389 e. The van der Waals surface area contributed by atoms with Crippen molar-refractivity contribution in [3.05, 3.63) is 0 Å². The molecular formula is C5H13NO2. The third-order valence-corrected chi connectivity index (χ3v) is 1.06. The van der Waals surface area contributed by atoms with Crippen molar-refractivity contribution in [3.8, 4) is 0 Å². The van der Waals surface area contributed by atoms with E-state index in [1.807, 2.05) is 0 Å². The highest BCUT2D eigenvalue weighted by Crippen LogP contribution is 2.03. The molecule has 0 spiro atoms. The topological polar surface area (TPSA) is 66.5 Å². The van der Waals surface area contributed by atoms with E-state index in [0.29, 0.717) is 6.42 Å². The first-order valence-electron chi connectivity index (χ1n) is 2.67. The van der Waals surface area contributed by atoms with E-state index < -0.39 is 11.8 Å². The first kappa shape index (κ1) is 7.88. The van der Waals surface area contributed by atoms with Crippen LogP contribution in [-0.4, -0.2) is 22.0 Å². The second kappa shape index (κ2) is 2.44. The van der Waals surface area contributed by atoms with Crippen molar-refractivity contribution in [2.75, 3.05) is 0 Å². The van der Waals surface area contributed by atoms with Gasteiger partial charge in [0.15, 0.2) is 0 Å². The lowest BCUT2D eigenvalue weighted by Crippen LogP contribution is -2.47. The van der Waals surface area contributed by atoms with Gasteiger partial charge in [0, 0.05) is 0 Å². The lowest BCUT2D eigenvalue weighted by molar-refractivity contribution is -0.0580. The van der Waals surface area contributed by atoms with Crippen molar-refractivity contribution in [2.45, 2.75) is 32.1 Å². The predicted octanol–water partition coefficient (Wildman–Crippen LogP) is -0.576. The Bertz CT molecular complexity index is 67.3. The Morgan fingerprint density at radius 2 is 2.12 bits per heavy atom. The van der Waals surface area contributed by atoms with Crippen molar-refractivity contribution in [3.63, 3.8) is 0 Å². The van der Waals surface area contributed by atoms with Crippen LogP contribution in [0.3, 0.4) is 0 Å². The summed E-state index contributed by atoms with van der Waals surface area (Å²) in [7, 11) is 0. The summed E-state index contributed by atoms with van der Waals surface area (Å²) in [6.07, 6.45) is -0.341. The van der Waals surface area contributed by atoms with Crippen LogP contribution in [0, 0.1) is 0 Å². The molecule has 2 atom stereocenters. The van der Waals surface area contributed by atoms with Gasteiger partial charge in [-0.25, -0.2) is 0 Å². The Morgan fingerprint density at radius 1 is 1.75 bits per heavy atom. The lowest BCUT2D eigenvalue weighted by atomic mass is 10.1. The van der Waals surface area contributed by atoms with Gasteiger partial charge in [0.2, 0.25) is 0 Å². The zero-order valence-electron chi connectivity index (χ0n) is 5.26. The fourth-order valence-corrected chi connectivity index (χ4v) is 0.413. The Labute approximate surface area is 49.1 Å². The molecule has 0 aliphatic rings. The molecule has 0 aliphatic carbocycles. The van der Waals surface area contributed by atoms with Crippen molar-refractivity contribution < 1.29 is 10.2 Å². The van der Waals surface area contributed by atoms with E-state index >= 15 is 0 Å². The van der Waals surface area contributed by atoms with E-state index in [1.54, 1.807) is 6.92 Å². The number of nitrogens with two attached hydrogens (primary N) is 1. The van der Waals surface area contributed by atoms with Crippen LogP contribution in [0.1, 0.15) is 20.3 Å². The quantitative estimate of drug-likeness (QED) is 0.426. The van der Waals surface area contributed by atoms with Gasteiger partial charge >= 0.3 is 0 Å². The van der Waals surface area contributed by atoms with Crippen LogP contribution in [-0.2, 0) is 0 Å². The van der Waals surface area contributed by atoms with Crippen molar-refractivity contribution in [1.82, 2.24) is 0 Å². The summed E-state index contributed by atoms with van der Waals surface area (Å²) in [6, 6.07) is 0. The summed E-state index contributed by atoms with van der Waals surface area (Å²) < 4.78 is 0. The molecular weight excluding hydrogens is 106 g/mol. The Hall–Kier alpha value is -0.120. The summed E-state index contributed by atoms with van der Waals surface area (Å²) in [4.78, 5) is 0. The van der Waals surface area contributed by atoms with E-state index in [2.05, 4.69) is 0 Å². The summed E-state index contributed by atoms with van der Waals surface area (Å²) in [5.41, 5.74) is 3.66. The van der Waals surface area contributed by atoms with Crippen molar-refractivity contribution in [1.29, 1.82) is 0 Å². The van der Waals surface area contributed by atoms with Crippen LogP contribution in [0.2, 0.25) is 0 Å². The third-order valence-electron chi connectivity index (χ3n) is 1.06. The smallest absolute Gasteiger partial charge is 0.136 e. The fraction of sp³-hybridized carbons (Fsp3) is 1.00. The van der Waals surface area contributed by atoms with Crippen molar-refractivity contribution >= 4 is 0 Å². The maximum Gasteiger partial charge on any atom is 0.136 e. The average molecular weight is 119 g/mol. The monoisotopic (exact) mass is 119 g/mol. The molecule has 2 unspecified atom stereocenters. The number of hydrogen-bond acceptors (Lipinski definition) is 3. The molecule has 50 valence electrons. The van der Waals surface area contributed by atoms with E-state index in [1.165, 1.54) is 6.92 Å². The van der Waals surface area contributed by atoms with Crippen LogP contribution >= 0.6 is 0 Å². The van der Waals surface area contributed by atoms with Gasteiger partial charge in [0.1, 0.15) is 5.72 Å². The fourth-order valence-electron chi connectivity index (χ4n) is 0.413. The number of rotatable bonds is 2. The van der Waals surface area contributed by atoms with Gasteiger partial charge < -0.3 is 15.9 Å². The SMILES string of the molecule is CCC(O)C(C)(N)O. The van der Waals surface area contributed by atoms with E-state index in [0.717, 1.165) is 0 Å². The highest BCUT2D eigenvalue weighted by molar-refractivity contribution is 4.72. The molecule has 4 N–H and O–H groups in total. The zero-order valence-corrected chi connectivity index (χ0v) is 5.26. The molecule has 8 heavy (non-hydrogen) atoms. The Morgan fingerprint density at radius 3 is 2.12 bits per heavy atom. The normalized spacial score (nSPS) is 22.1. The molecule has 3 heteroatoms. The second-order valence-electron chi connectivity index (χ2n) is 2.15. The third kappa shape index (κ3) is 2.26. The predicted molar refractivity (Wildman–Crippen MR) is 31.1 cm³/mol. The van der Waals surface area contributed by atoms with Gasteiger partial charge in [-0.1, -0.05) is 6.92 Å². The molecule has 0 fully saturated rings. The molecule has 0 aromatic rings. The summed E-state index contributed by atoms with van der Waals surface area (Å²) in [5, 5.41) is 17.6. The minimum absolute atomic E-state index is 0.476. The Kier molecular flexibility index (Phi) is 2.40. The van der Waals surface area contributed by atoms with Crippen LogP contribution < -0.4 is 5.73 Å². The standard InChI is InChI=1S/C5H13NO2/c1-3-4(7)5(2,6)8/h4,7-8H,3,6H2,1-2H3. The highest BCUT2D eigenvalue weighted by atomic mass is 16.4. The van der Waals surface area contributed by atoms with Gasteiger partial charge in [0.25, 0.3) is 0 Å². The summed E-state index contributed by atoms with van der Waals surface area (Å²) >= 11 is 0. The van der Waals surface area contributed by atoms with Gasteiger partial charge in [-0.05, 0) is 13.3 Å². The van der Waals surface area contributed by atoms with Gasteiger partial charge in [-0.2, -0.15) is 0 Å². The zero-order chi connectivity index (χ0) is 6.78. The highest BCUT2D eigenvalue weighted by Gasteiger charge is 2.22. The maximum atomic E-state index is 8.82.